The molecule has 5 heteroatoms. The van der Waals surface area contributed by atoms with E-state index in [9.17, 15) is 8.42 Å². The minimum absolute atomic E-state index is 0.00872. The molecule has 1 fully saturated rings. The summed E-state index contributed by atoms with van der Waals surface area (Å²) in [5.74, 6) is 0.476. The van der Waals surface area contributed by atoms with Crippen LogP contribution in [0, 0.1) is 5.92 Å². The Morgan fingerprint density at radius 2 is 1.86 bits per heavy atom. The van der Waals surface area contributed by atoms with Crippen LogP contribution in [-0.2, 0) is 16.4 Å². The van der Waals surface area contributed by atoms with Crippen molar-refractivity contribution in [3.63, 3.8) is 0 Å². The van der Waals surface area contributed by atoms with Crippen LogP contribution in [0.2, 0.25) is 0 Å². The molecule has 2 rings (SSSR count). The second-order valence-corrected chi connectivity index (χ2v) is 7.70. The largest absolute Gasteiger partial charge is 0.330 e. The van der Waals surface area contributed by atoms with Crippen molar-refractivity contribution in [3.8, 4) is 0 Å². The first kappa shape index (κ1) is 16.5. The fourth-order valence-corrected chi connectivity index (χ4v) is 4.32. The van der Waals surface area contributed by atoms with Gasteiger partial charge < -0.3 is 5.73 Å². The highest BCUT2D eigenvalue weighted by molar-refractivity contribution is 7.89. The van der Waals surface area contributed by atoms with Crippen molar-refractivity contribution in [2.75, 3.05) is 6.54 Å². The van der Waals surface area contributed by atoms with E-state index in [-0.39, 0.29) is 6.04 Å². The monoisotopic (exact) mass is 310 g/mol. The lowest BCUT2D eigenvalue weighted by molar-refractivity contribution is 0.424. The van der Waals surface area contributed by atoms with Crippen molar-refractivity contribution in [2.24, 2.45) is 11.7 Å². The minimum atomic E-state index is -3.41. The van der Waals surface area contributed by atoms with Crippen LogP contribution in [0.15, 0.2) is 29.2 Å². The lowest BCUT2D eigenvalue weighted by Crippen LogP contribution is -2.37. The highest BCUT2D eigenvalue weighted by Crippen LogP contribution is 2.28. The zero-order valence-corrected chi connectivity index (χ0v) is 13.5. The van der Waals surface area contributed by atoms with Crippen LogP contribution < -0.4 is 10.5 Å². The van der Waals surface area contributed by atoms with Gasteiger partial charge in [0.25, 0.3) is 0 Å². The Kier molecular flexibility index (Phi) is 5.79. The summed E-state index contributed by atoms with van der Waals surface area (Å²) in [5.41, 5.74) is 6.61. The SMILES string of the molecule is CC(NS(=O)(=O)c1ccc(CCCN)cc1)C1CCCC1. The van der Waals surface area contributed by atoms with Crippen molar-refractivity contribution in [3.05, 3.63) is 29.8 Å². The average Bonchev–Trinajstić information content (AvgIpc) is 2.99. The van der Waals surface area contributed by atoms with Gasteiger partial charge in [-0.25, -0.2) is 13.1 Å². The minimum Gasteiger partial charge on any atom is -0.330 e. The zero-order chi connectivity index (χ0) is 15.3. The quantitative estimate of drug-likeness (QED) is 0.812. The molecule has 1 aliphatic carbocycles. The standard InChI is InChI=1S/C16H26N2O2S/c1-13(15-6-2-3-7-15)18-21(19,20)16-10-8-14(9-11-16)5-4-12-17/h8-11,13,15,18H,2-7,12,17H2,1H3. The molecule has 1 unspecified atom stereocenters. The Labute approximate surface area is 128 Å². The Balaban J connectivity index is 2.01. The maximum Gasteiger partial charge on any atom is 0.240 e. The zero-order valence-electron chi connectivity index (χ0n) is 12.7. The maximum atomic E-state index is 12.4. The number of hydrogen-bond acceptors (Lipinski definition) is 3. The van der Waals surface area contributed by atoms with E-state index in [1.165, 1.54) is 12.8 Å². The first-order chi connectivity index (χ1) is 10.0. The van der Waals surface area contributed by atoms with Crippen LogP contribution in [0.5, 0.6) is 0 Å². The van der Waals surface area contributed by atoms with Crippen molar-refractivity contribution < 1.29 is 8.42 Å². The molecule has 0 heterocycles. The van der Waals surface area contributed by atoms with Gasteiger partial charge in [-0.05, 0) is 62.8 Å². The number of hydrogen-bond donors (Lipinski definition) is 2. The number of nitrogens with one attached hydrogen (secondary N) is 1. The van der Waals surface area contributed by atoms with Crippen LogP contribution in [0.25, 0.3) is 0 Å². The van der Waals surface area contributed by atoms with E-state index < -0.39 is 10.0 Å². The van der Waals surface area contributed by atoms with Crippen molar-refractivity contribution in [1.29, 1.82) is 0 Å². The summed E-state index contributed by atoms with van der Waals surface area (Å²) < 4.78 is 27.6. The fourth-order valence-electron chi connectivity index (χ4n) is 3.01. The number of nitrogens with two attached hydrogens (primary N) is 1. The van der Waals surface area contributed by atoms with E-state index >= 15 is 0 Å². The van der Waals surface area contributed by atoms with E-state index in [1.807, 2.05) is 19.1 Å². The third-order valence-electron chi connectivity index (χ3n) is 4.35. The van der Waals surface area contributed by atoms with Gasteiger partial charge in [0.05, 0.1) is 4.90 Å². The molecule has 0 aliphatic heterocycles. The van der Waals surface area contributed by atoms with Gasteiger partial charge in [0.1, 0.15) is 0 Å². The van der Waals surface area contributed by atoms with Gasteiger partial charge in [-0.2, -0.15) is 0 Å². The summed E-state index contributed by atoms with van der Waals surface area (Å²) in [5, 5.41) is 0. The maximum absolute atomic E-state index is 12.4. The number of sulfonamides is 1. The summed E-state index contributed by atoms with van der Waals surface area (Å²) in [7, 11) is -3.41. The van der Waals surface area contributed by atoms with E-state index in [0.29, 0.717) is 17.4 Å². The molecule has 1 atom stereocenters. The van der Waals surface area contributed by atoms with Gasteiger partial charge in [-0.15, -0.1) is 0 Å². The lowest BCUT2D eigenvalue weighted by Gasteiger charge is -2.20. The molecule has 1 aromatic rings. The molecule has 0 amide bonds. The lowest BCUT2D eigenvalue weighted by atomic mass is 10.0. The van der Waals surface area contributed by atoms with E-state index in [2.05, 4.69) is 4.72 Å². The van der Waals surface area contributed by atoms with Gasteiger partial charge in [-0.1, -0.05) is 25.0 Å². The Hall–Kier alpha value is -0.910. The first-order valence-corrected chi connectivity index (χ1v) is 9.32. The summed E-state index contributed by atoms with van der Waals surface area (Å²) in [6, 6.07) is 7.15. The van der Waals surface area contributed by atoms with Gasteiger partial charge in [0.15, 0.2) is 0 Å². The van der Waals surface area contributed by atoms with E-state index in [0.717, 1.165) is 31.2 Å². The molecule has 0 aromatic heterocycles. The van der Waals surface area contributed by atoms with Crippen LogP contribution >= 0.6 is 0 Å². The normalized spacial score (nSPS) is 18.0. The highest BCUT2D eigenvalue weighted by atomic mass is 32.2. The Bertz CT molecular complexity index is 534. The molecule has 1 aromatic carbocycles. The molecule has 3 N–H and O–H groups in total. The summed E-state index contributed by atoms with van der Waals surface area (Å²) in [4.78, 5) is 0.351. The molecule has 4 nitrogen and oxygen atoms in total. The van der Waals surface area contributed by atoms with Gasteiger partial charge in [-0.3, -0.25) is 0 Å². The topological polar surface area (TPSA) is 72.2 Å². The number of benzene rings is 1. The van der Waals surface area contributed by atoms with Crippen molar-refractivity contribution in [1.82, 2.24) is 4.72 Å². The van der Waals surface area contributed by atoms with Crippen LogP contribution in [-0.4, -0.2) is 21.0 Å². The van der Waals surface area contributed by atoms with Crippen molar-refractivity contribution >= 4 is 10.0 Å². The fraction of sp³-hybridized carbons (Fsp3) is 0.625. The van der Waals surface area contributed by atoms with Crippen LogP contribution in [0.4, 0.5) is 0 Å². The molecule has 21 heavy (non-hydrogen) atoms. The third-order valence-corrected chi connectivity index (χ3v) is 5.93. The van der Waals surface area contributed by atoms with Crippen LogP contribution in [0.3, 0.4) is 0 Å². The van der Waals surface area contributed by atoms with Gasteiger partial charge >= 0.3 is 0 Å². The average molecular weight is 310 g/mol. The highest BCUT2D eigenvalue weighted by Gasteiger charge is 2.26. The smallest absolute Gasteiger partial charge is 0.240 e. The molecule has 0 radical (unpaired) electrons. The summed E-state index contributed by atoms with van der Waals surface area (Å²) in [6.45, 7) is 2.63. The predicted octanol–water partition coefficient (Wildman–Crippen LogP) is 2.43. The summed E-state index contributed by atoms with van der Waals surface area (Å²) in [6.07, 6.45) is 6.49. The second kappa shape index (κ2) is 7.38. The molecule has 0 bridgehead atoms. The van der Waals surface area contributed by atoms with Crippen LogP contribution in [0.1, 0.15) is 44.6 Å². The first-order valence-electron chi connectivity index (χ1n) is 7.84. The van der Waals surface area contributed by atoms with Crippen molar-refractivity contribution in [2.45, 2.75) is 56.4 Å². The molecule has 1 aliphatic rings. The molecule has 118 valence electrons. The number of aryl methyl sites for hydroxylation is 1. The molecule has 0 spiro atoms. The predicted molar refractivity (Wildman–Crippen MR) is 85.6 cm³/mol. The van der Waals surface area contributed by atoms with E-state index in [4.69, 9.17) is 5.73 Å². The Morgan fingerprint density at radius 1 is 1.24 bits per heavy atom. The summed E-state index contributed by atoms with van der Waals surface area (Å²) >= 11 is 0. The number of rotatable bonds is 7. The van der Waals surface area contributed by atoms with E-state index in [1.54, 1.807) is 12.1 Å². The molecule has 0 saturated heterocycles. The van der Waals surface area contributed by atoms with Gasteiger partial charge in [0, 0.05) is 6.04 Å². The Morgan fingerprint density at radius 3 is 2.43 bits per heavy atom. The molecule has 1 saturated carbocycles. The molecular weight excluding hydrogens is 284 g/mol. The van der Waals surface area contributed by atoms with Gasteiger partial charge in [0.2, 0.25) is 10.0 Å². The third kappa shape index (κ3) is 4.53. The second-order valence-electron chi connectivity index (χ2n) is 5.99. The molecular formula is C16H26N2O2S.